The van der Waals surface area contributed by atoms with Crippen LogP contribution in [0.1, 0.15) is 0 Å². The zero-order chi connectivity index (χ0) is 44.3. The smallest absolute Gasteiger partial charge is 0.150 e. The van der Waals surface area contributed by atoms with Gasteiger partial charge in [-0.2, -0.15) is 0 Å². The maximum Gasteiger partial charge on any atom is 0.150 e. The molecule has 0 spiro atoms. The van der Waals surface area contributed by atoms with Gasteiger partial charge in [0.2, 0.25) is 0 Å². The van der Waals surface area contributed by atoms with Crippen molar-refractivity contribution in [2.45, 2.75) is 0 Å². The minimum absolute atomic E-state index is 0.876. The number of hydrogen-bond acceptors (Lipinski definition) is 3. The Hall–Kier alpha value is -8.64. The van der Waals surface area contributed by atoms with Crippen molar-refractivity contribution in [1.82, 2.24) is 19.3 Å². The van der Waals surface area contributed by atoms with Crippen molar-refractivity contribution >= 4 is 54.9 Å². The average Bonchev–Trinajstić information content (AvgIpc) is 4.13. The summed E-state index contributed by atoms with van der Waals surface area (Å²) in [6.07, 6.45) is 0. The molecule has 0 saturated carbocycles. The molecule has 13 aromatic rings. The average molecular weight is 873 g/mol. The van der Waals surface area contributed by atoms with E-state index in [-0.39, 0.29) is 0 Å². The van der Waals surface area contributed by atoms with Crippen molar-refractivity contribution in [3.8, 4) is 77.0 Å². The van der Waals surface area contributed by atoms with Gasteiger partial charge >= 0.3 is 0 Å². The predicted molar refractivity (Wildman–Crippen MR) is 281 cm³/mol. The molecule has 0 N–H and O–H groups in total. The Labute approximate surface area is 392 Å². The molecule has 0 radical (unpaired) electrons. The molecule has 0 bridgehead atoms. The molecule has 0 aliphatic heterocycles. The Morgan fingerprint density at radius 1 is 0.269 bits per heavy atom. The van der Waals surface area contributed by atoms with E-state index in [4.69, 9.17) is 10.2 Å². The van der Waals surface area contributed by atoms with E-state index < -0.39 is 0 Å². The minimum Gasteiger partial charge on any atom is -0.309 e. The summed E-state index contributed by atoms with van der Waals surface area (Å²) >= 11 is 1.64. The van der Waals surface area contributed by atoms with Crippen LogP contribution in [0.15, 0.2) is 243 Å². The van der Waals surface area contributed by atoms with Crippen LogP contribution in [-0.4, -0.2) is 19.3 Å². The van der Waals surface area contributed by atoms with Gasteiger partial charge in [0.05, 0.1) is 22.1 Å². The topological polar surface area (TPSA) is 35.6 Å². The van der Waals surface area contributed by atoms with E-state index in [1.807, 2.05) is 0 Å². The van der Waals surface area contributed by atoms with Crippen LogP contribution in [0.5, 0.6) is 0 Å². The number of benzene rings is 10. The van der Waals surface area contributed by atoms with Gasteiger partial charge in [0, 0.05) is 44.0 Å². The van der Waals surface area contributed by atoms with E-state index in [9.17, 15) is 0 Å². The Bertz CT molecular complexity index is 3850. The second-order valence-corrected chi connectivity index (χ2v) is 18.0. The van der Waals surface area contributed by atoms with Gasteiger partial charge in [-0.05, 0) is 117 Å². The number of para-hydroxylation sites is 3. The minimum atomic E-state index is 0.876. The molecule has 3 aromatic heterocycles. The molecule has 0 aliphatic carbocycles. The van der Waals surface area contributed by atoms with Gasteiger partial charge in [-0.1, -0.05) is 181 Å². The third-order valence-corrected chi connectivity index (χ3v) is 14.1. The lowest BCUT2D eigenvalue weighted by molar-refractivity contribution is 1.10. The third-order valence-electron chi connectivity index (χ3n) is 13.1. The van der Waals surface area contributed by atoms with Gasteiger partial charge in [-0.3, -0.25) is 0 Å². The highest BCUT2D eigenvalue weighted by Crippen LogP contribution is 2.43. The second-order valence-electron chi connectivity index (χ2n) is 17.1. The molecule has 13 rings (SSSR count). The number of nitrogens with zero attached hydrogens (tertiary/aromatic N) is 4. The van der Waals surface area contributed by atoms with Crippen molar-refractivity contribution in [2.75, 3.05) is 0 Å². The quantitative estimate of drug-likeness (QED) is 0.152. The summed E-state index contributed by atoms with van der Waals surface area (Å²) in [7, 11) is 0. The van der Waals surface area contributed by atoms with Crippen molar-refractivity contribution in [3.05, 3.63) is 243 Å². The fourth-order valence-electron chi connectivity index (χ4n) is 9.96. The van der Waals surface area contributed by atoms with Crippen LogP contribution in [0.25, 0.3) is 121 Å². The largest absolute Gasteiger partial charge is 0.309 e. The van der Waals surface area contributed by atoms with Crippen molar-refractivity contribution in [3.63, 3.8) is 0 Å². The van der Waals surface area contributed by atoms with Gasteiger partial charge in [-0.25, -0.2) is 0 Å². The highest BCUT2D eigenvalue weighted by atomic mass is 32.1. The van der Waals surface area contributed by atoms with E-state index >= 15 is 0 Å². The van der Waals surface area contributed by atoms with E-state index in [0.717, 1.165) is 65.7 Å². The van der Waals surface area contributed by atoms with E-state index in [1.165, 1.54) is 54.9 Å². The Balaban J connectivity index is 0.962. The zero-order valence-electron chi connectivity index (χ0n) is 36.3. The van der Waals surface area contributed by atoms with Crippen LogP contribution in [0.4, 0.5) is 0 Å². The molecule has 67 heavy (non-hydrogen) atoms. The van der Waals surface area contributed by atoms with Crippen LogP contribution in [0.3, 0.4) is 0 Å². The molecule has 0 amide bonds. The molecule has 4 nitrogen and oxygen atoms in total. The van der Waals surface area contributed by atoms with Gasteiger partial charge in [0.15, 0.2) is 0 Å². The lowest BCUT2D eigenvalue weighted by Gasteiger charge is -2.15. The fraction of sp³-hybridized carbons (Fsp3) is 0. The van der Waals surface area contributed by atoms with E-state index in [0.29, 0.717) is 0 Å². The Kier molecular flexibility index (Phi) is 9.32. The number of aromatic nitrogens is 4. The Morgan fingerprint density at radius 2 is 0.687 bits per heavy atom. The number of fused-ring (bicyclic) bond motifs is 6. The molecule has 314 valence electrons. The summed E-state index contributed by atoms with van der Waals surface area (Å²) in [6, 6.07) is 87.4. The standard InChI is InChI=1S/C62H40N4S/c1-5-18-41(19-6-1)46-34-47(42-20-7-2-8-21-42)37-50(36-46)65-57-30-15-14-27-53(57)56-40-45(32-33-59(56)65)61-63-64-62(67-61)55-29-17-28-54-52-26-13-16-31-58(52)66(60(54)55)51-38-48(43-22-9-3-10-23-43)35-49(39-51)44-24-11-4-12-25-44/h1-40H. The Morgan fingerprint density at radius 3 is 1.22 bits per heavy atom. The third kappa shape index (κ3) is 6.75. The number of hydrogen-bond donors (Lipinski definition) is 0. The molecule has 10 aromatic carbocycles. The molecule has 0 aliphatic rings. The first-order valence-corrected chi connectivity index (χ1v) is 23.5. The van der Waals surface area contributed by atoms with E-state index in [2.05, 4.69) is 252 Å². The molecular weight excluding hydrogens is 833 g/mol. The molecule has 0 atom stereocenters. The lowest BCUT2D eigenvalue weighted by Crippen LogP contribution is -1.97. The van der Waals surface area contributed by atoms with Gasteiger partial charge in [0.25, 0.3) is 0 Å². The van der Waals surface area contributed by atoms with Crippen LogP contribution >= 0.6 is 11.3 Å². The molecule has 0 unspecified atom stereocenters. The van der Waals surface area contributed by atoms with Crippen molar-refractivity contribution < 1.29 is 0 Å². The fourth-order valence-corrected chi connectivity index (χ4v) is 10.8. The van der Waals surface area contributed by atoms with Crippen LogP contribution < -0.4 is 0 Å². The first-order chi connectivity index (χ1) is 33.2. The van der Waals surface area contributed by atoms with Crippen molar-refractivity contribution in [1.29, 1.82) is 0 Å². The maximum atomic E-state index is 4.97. The summed E-state index contributed by atoms with van der Waals surface area (Å²) in [5, 5.41) is 16.4. The lowest BCUT2D eigenvalue weighted by atomic mass is 9.98. The monoisotopic (exact) mass is 872 g/mol. The normalized spacial score (nSPS) is 11.6. The summed E-state index contributed by atoms with van der Waals surface area (Å²) < 4.78 is 4.84. The van der Waals surface area contributed by atoms with Gasteiger partial charge in [-0.15, -0.1) is 10.2 Å². The second kappa shape index (κ2) is 16.1. The first kappa shape index (κ1) is 38.8. The van der Waals surface area contributed by atoms with Gasteiger partial charge < -0.3 is 9.13 Å². The van der Waals surface area contributed by atoms with Crippen LogP contribution in [0, 0.1) is 0 Å². The number of rotatable bonds is 8. The van der Waals surface area contributed by atoms with Crippen LogP contribution in [0.2, 0.25) is 0 Å². The molecule has 0 fully saturated rings. The SMILES string of the molecule is c1ccc(-c2cc(-c3ccccc3)cc(-n3c4ccccc4c4cc(-c5nnc(-c6cccc7c8ccccc8n(-c8cc(-c9ccccc9)cc(-c9ccccc9)c8)c67)s5)ccc43)c2)cc1. The molecular formula is C62H40N4S. The van der Waals surface area contributed by atoms with Gasteiger partial charge in [0.1, 0.15) is 10.0 Å². The maximum absolute atomic E-state index is 4.97. The zero-order valence-corrected chi connectivity index (χ0v) is 37.1. The summed E-state index contributed by atoms with van der Waals surface area (Å²) in [5.41, 5.74) is 18.3. The molecule has 0 saturated heterocycles. The molecule has 5 heteroatoms. The summed E-state index contributed by atoms with van der Waals surface area (Å²) in [4.78, 5) is 0. The first-order valence-electron chi connectivity index (χ1n) is 22.6. The van der Waals surface area contributed by atoms with Crippen LogP contribution in [-0.2, 0) is 0 Å². The highest BCUT2D eigenvalue weighted by molar-refractivity contribution is 7.18. The molecule has 3 heterocycles. The van der Waals surface area contributed by atoms with Crippen molar-refractivity contribution in [2.24, 2.45) is 0 Å². The summed E-state index contributed by atoms with van der Waals surface area (Å²) in [6.45, 7) is 0. The highest BCUT2D eigenvalue weighted by Gasteiger charge is 2.21. The summed E-state index contributed by atoms with van der Waals surface area (Å²) in [5.74, 6) is 0. The van der Waals surface area contributed by atoms with E-state index in [1.54, 1.807) is 11.3 Å². The predicted octanol–water partition coefficient (Wildman–Crippen LogP) is 16.7.